The Morgan fingerprint density at radius 3 is 2.48 bits per heavy atom. The fourth-order valence-corrected chi connectivity index (χ4v) is 3.45. The second-order valence-corrected chi connectivity index (χ2v) is 8.52. The normalized spacial score (nSPS) is 12.8. The average molecular weight is 312 g/mol. The number of nitrogens with zero attached hydrogens (tertiary/aromatic N) is 3. The number of rotatable bonds is 6. The lowest BCUT2D eigenvalue weighted by Gasteiger charge is -2.33. The molecule has 0 saturated carbocycles. The minimum Gasteiger partial charge on any atom is -0.350 e. The molecule has 5 nitrogen and oxygen atoms in total. The van der Waals surface area contributed by atoms with E-state index in [2.05, 4.69) is 64.0 Å². The molecule has 0 atom stereocenters. The van der Waals surface area contributed by atoms with E-state index in [-0.39, 0.29) is 16.9 Å². The van der Waals surface area contributed by atoms with E-state index in [0.29, 0.717) is 11.8 Å². The van der Waals surface area contributed by atoms with E-state index < -0.39 is 0 Å². The predicted octanol–water partition coefficient (Wildman–Crippen LogP) is 3.28. The van der Waals surface area contributed by atoms with E-state index in [1.807, 2.05) is 4.57 Å². The fraction of sp³-hybridized carbons (Fsp3) is 0.800. The van der Waals surface area contributed by atoms with Crippen molar-refractivity contribution >= 4 is 17.7 Å². The molecule has 1 N–H and O–H groups in total. The van der Waals surface area contributed by atoms with Gasteiger partial charge in [0, 0.05) is 11.6 Å². The summed E-state index contributed by atoms with van der Waals surface area (Å²) in [7, 11) is 0. The zero-order chi connectivity index (χ0) is 16.3. The van der Waals surface area contributed by atoms with Crippen LogP contribution in [0.3, 0.4) is 0 Å². The molecule has 0 aromatic carbocycles. The SMILES string of the molecule is CC(C)n1cnnc1SCC(=O)NC(C)(C)CC(C)(C)C. The Balaban J connectivity index is 2.53. The van der Waals surface area contributed by atoms with Crippen LogP contribution in [0, 0.1) is 5.41 Å². The number of aromatic nitrogens is 3. The first kappa shape index (κ1) is 18.0. The van der Waals surface area contributed by atoms with Crippen LogP contribution in [-0.2, 0) is 4.79 Å². The molecule has 0 bridgehead atoms. The smallest absolute Gasteiger partial charge is 0.230 e. The largest absolute Gasteiger partial charge is 0.350 e. The summed E-state index contributed by atoms with van der Waals surface area (Å²) in [4.78, 5) is 12.1. The molecule has 0 fully saturated rings. The molecule has 1 amide bonds. The van der Waals surface area contributed by atoms with Gasteiger partial charge in [0.1, 0.15) is 6.33 Å². The van der Waals surface area contributed by atoms with Crippen LogP contribution in [0.15, 0.2) is 11.5 Å². The summed E-state index contributed by atoms with van der Waals surface area (Å²) in [5.74, 6) is 0.395. The van der Waals surface area contributed by atoms with Crippen molar-refractivity contribution in [1.82, 2.24) is 20.1 Å². The Morgan fingerprint density at radius 2 is 1.95 bits per heavy atom. The zero-order valence-corrected chi connectivity index (χ0v) is 15.0. The van der Waals surface area contributed by atoms with Gasteiger partial charge in [0.05, 0.1) is 5.75 Å². The van der Waals surface area contributed by atoms with Crippen molar-refractivity contribution in [2.24, 2.45) is 5.41 Å². The number of carbonyl (C=O) groups is 1. The van der Waals surface area contributed by atoms with E-state index in [0.717, 1.165) is 11.6 Å². The van der Waals surface area contributed by atoms with Crippen LogP contribution >= 0.6 is 11.8 Å². The molecule has 0 radical (unpaired) electrons. The maximum absolute atomic E-state index is 12.1. The van der Waals surface area contributed by atoms with Crippen LogP contribution in [0.1, 0.15) is 60.9 Å². The fourth-order valence-electron chi connectivity index (χ4n) is 2.60. The third kappa shape index (κ3) is 6.50. The molecule has 0 aliphatic carbocycles. The molecular formula is C15H28N4OS. The van der Waals surface area contributed by atoms with Gasteiger partial charge in [-0.15, -0.1) is 10.2 Å². The van der Waals surface area contributed by atoms with Gasteiger partial charge in [-0.05, 0) is 39.5 Å². The highest BCUT2D eigenvalue weighted by Crippen LogP contribution is 2.27. The van der Waals surface area contributed by atoms with Crippen molar-refractivity contribution in [2.45, 2.75) is 71.6 Å². The molecule has 1 aromatic rings. The Hall–Kier alpha value is -1.04. The number of hydrogen-bond donors (Lipinski definition) is 1. The Morgan fingerprint density at radius 1 is 1.33 bits per heavy atom. The van der Waals surface area contributed by atoms with E-state index in [1.54, 1.807) is 6.33 Å². The van der Waals surface area contributed by atoms with Crippen LogP contribution in [0.25, 0.3) is 0 Å². The molecule has 0 spiro atoms. The van der Waals surface area contributed by atoms with Crippen molar-refractivity contribution in [2.75, 3.05) is 5.75 Å². The van der Waals surface area contributed by atoms with Crippen LogP contribution in [0.2, 0.25) is 0 Å². The van der Waals surface area contributed by atoms with E-state index in [9.17, 15) is 4.79 Å². The number of amides is 1. The highest BCUT2D eigenvalue weighted by Gasteiger charge is 2.27. The predicted molar refractivity (Wildman–Crippen MR) is 87.4 cm³/mol. The molecule has 1 heterocycles. The van der Waals surface area contributed by atoms with Gasteiger partial charge in [-0.2, -0.15) is 0 Å². The minimum atomic E-state index is -0.207. The molecule has 1 rings (SSSR count). The van der Waals surface area contributed by atoms with Gasteiger partial charge in [0.2, 0.25) is 5.91 Å². The van der Waals surface area contributed by atoms with Gasteiger partial charge in [-0.3, -0.25) is 4.79 Å². The number of nitrogens with one attached hydrogen (secondary N) is 1. The lowest BCUT2D eigenvalue weighted by atomic mass is 9.82. The average Bonchev–Trinajstić information content (AvgIpc) is 2.69. The summed E-state index contributed by atoms with van der Waals surface area (Å²) < 4.78 is 1.97. The molecule has 21 heavy (non-hydrogen) atoms. The first-order valence-electron chi connectivity index (χ1n) is 7.33. The molecule has 1 aromatic heterocycles. The van der Waals surface area contributed by atoms with Crippen molar-refractivity contribution < 1.29 is 4.79 Å². The van der Waals surface area contributed by atoms with Crippen LogP contribution in [0.4, 0.5) is 0 Å². The van der Waals surface area contributed by atoms with Gasteiger partial charge in [0.15, 0.2) is 5.16 Å². The Labute approximate surface area is 132 Å². The summed E-state index contributed by atoms with van der Waals surface area (Å²) in [6, 6.07) is 0.294. The summed E-state index contributed by atoms with van der Waals surface area (Å²) >= 11 is 1.43. The molecule has 0 aliphatic rings. The van der Waals surface area contributed by atoms with Crippen molar-refractivity contribution in [3.63, 3.8) is 0 Å². The summed E-state index contributed by atoms with van der Waals surface area (Å²) in [6.45, 7) is 14.8. The number of carbonyl (C=O) groups excluding carboxylic acids is 1. The third-order valence-electron chi connectivity index (χ3n) is 2.88. The van der Waals surface area contributed by atoms with Crippen LogP contribution in [-0.4, -0.2) is 32.0 Å². The van der Waals surface area contributed by atoms with E-state index >= 15 is 0 Å². The molecule has 0 saturated heterocycles. The van der Waals surface area contributed by atoms with Gasteiger partial charge in [-0.25, -0.2) is 0 Å². The first-order chi connectivity index (χ1) is 9.50. The molecule has 0 unspecified atom stereocenters. The first-order valence-corrected chi connectivity index (χ1v) is 8.32. The quantitative estimate of drug-likeness (QED) is 0.819. The lowest BCUT2D eigenvalue weighted by Crippen LogP contribution is -2.46. The van der Waals surface area contributed by atoms with E-state index in [1.165, 1.54) is 11.8 Å². The summed E-state index contributed by atoms with van der Waals surface area (Å²) in [5, 5.41) is 11.9. The van der Waals surface area contributed by atoms with Gasteiger partial charge in [0.25, 0.3) is 0 Å². The number of thioether (sulfide) groups is 1. The van der Waals surface area contributed by atoms with Crippen LogP contribution < -0.4 is 5.32 Å². The van der Waals surface area contributed by atoms with Gasteiger partial charge >= 0.3 is 0 Å². The summed E-state index contributed by atoms with van der Waals surface area (Å²) in [6.07, 6.45) is 2.63. The van der Waals surface area contributed by atoms with E-state index in [4.69, 9.17) is 0 Å². The molecule has 0 aliphatic heterocycles. The summed E-state index contributed by atoms with van der Waals surface area (Å²) in [5.41, 5.74) is -0.0244. The second-order valence-electron chi connectivity index (χ2n) is 7.57. The highest BCUT2D eigenvalue weighted by atomic mass is 32.2. The van der Waals surface area contributed by atoms with Crippen LogP contribution in [0.5, 0.6) is 0 Å². The molecule has 6 heteroatoms. The number of hydrogen-bond acceptors (Lipinski definition) is 4. The molecule has 120 valence electrons. The maximum atomic E-state index is 12.1. The second kappa shape index (κ2) is 6.81. The third-order valence-corrected chi connectivity index (χ3v) is 3.84. The lowest BCUT2D eigenvalue weighted by molar-refractivity contribution is -0.120. The zero-order valence-electron chi connectivity index (χ0n) is 14.2. The monoisotopic (exact) mass is 312 g/mol. The maximum Gasteiger partial charge on any atom is 0.230 e. The Kier molecular flexibility index (Phi) is 5.84. The molecular weight excluding hydrogens is 284 g/mol. The Bertz CT molecular complexity index is 474. The van der Waals surface area contributed by atoms with Crippen molar-refractivity contribution in [1.29, 1.82) is 0 Å². The van der Waals surface area contributed by atoms with Crippen molar-refractivity contribution in [3.8, 4) is 0 Å². The van der Waals surface area contributed by atoms with Gasteiger partial charge < -0.3 is 9.88 Å². The van der Waals surface area contributed by atoms with Crippen molar-refractivity contribution in [3.05, 3.63) is 6.33 Å². The highest BCUT2D eigenvalue weighted by molar-refractivity contribution is 7.99. The van der Waals surface area contributed by atoms with Gasteiger partial charge in [-0.1, -0.05) is 32.5 Å². The standard InChI is InChI=1S/C15H28N4OS/c1-11(2)19-10-16-18-13(19)21-8-12(20)17-15(6,7)9-14(3,4)5/h10-11H,8-9H2,1-7H3,(H,17,20). The topological polar surface area (TPSA) is 59.8 Å². The minimum absolute atomic E-state index is 0.0348.